The van der Waals surface area contributed by atoms with Gasteiger partial charge in [0.25, 0.3) is 0 Å². The molecule has 2 amide bonds. The number of nitrogens with zero attached hydrogens (tertiary/aromatic N) is 1. The molecular formula is C24H27ClN4O4. The van der Waals surface area contributed by atoms with E-state index in [-0.39, 0.29) is 36.4 Å². The van der Waals surface area contributed by atoms with E-state index in [4.69, 9.17) is 16.3 Å². The van der Waals surface area contributed by atoms with E-state index in [1.807, 2.05) is 0 Å². The first-order valence-electron chi connectivity index (χ1n) is 11.3. The Morgan fingerprint density at radius 2 is 2.09 bits per heavy atom. The van der Waals surface area contributed by atoms with Crippen LogP contribution in [-0.4, -0.2) is 42.3 Å². The summed E-state index contributed by atoms with van der Waals surface area (Å²) in [4.78, 5) is 41.0. The number of hydrogen-bond acceptors (Lipinski definition) is 5. The number of ether oxygens (including phenoxy) is 1. The van der Waals surface area contributed by atoms with Crippen molar-refractivity contribution in [3.63, 3.8) is 0 Å². The molecular weight excluding hydrogens is 444 g/mol. The van der Waals surface area contributed by atoms with Gasteiger partial charge in [-0.05, 0) is 43.4 Å². The molecule has 0 spiro atoms. The number of rotatable bonds is 10. The number of methoxy groups -OCH3 is 1. The number of hydrogen-bond donors (Lipinski definition) is 3. The Bertz CT molecular complexity index is 1120. The van der Waals surface area contributed by atoms with Gasteiger partial charge in [0.05, 0.1) is 23.9 Å². The molecule has 0 radical (unpaired) electrons. The van der Waals surface area contributed by atoms with Crippen LogP contribution in [0.1, 0.15) is 49.0 Å². The molecule has 8 nitrogen and oxygen atoms in total. The molecule has 3 N–H and O–H groups in total. The summed E-state index contributed by atoms with van der Waals surface area (Å²) < 4.78 is 5.24. The SMILES string of the molecule is COc1ccc2[nH]c(C(=O)CC(CC3CC3)C(=O)NC(C#N)CC3CCNC3=O)cc2c1Cl. The number of H-pyrrole nitrogens is 1. The number of halogens is 1. The summed E-state index contributed by atoms with van der Waals surface area (Å²) in [6, 6.07) is 6.54. The van der Waals surface area contributed by atoms with Crippen molar-refractivity contribution in [2.75, 3.05) is 13.7 Å². The molecule has 1 saturated carbocycles. The van der Waals surface area contributed by atoms with Crippen LogP contribution in [0, 0.1) is 29.1 Å². The molecule has 9 heteroatoms. The third-order valence-corrected chi connectivity index (χ3v) is 6.89. The number of Topliss-reactive ketones (excluding diaryl/α,β-unsaturated/α-hetero) is 1. The highest BCUT2D eigenvalue weighted by atomic mass is 35.5. The van der Waals surface area contributed by atoms with Crippen molar-refractivity contribution in [3.8, 4) is 11.8 Å². The molecule has 33 heavy (non-hydrogen) atoms. The average molecular weight is 471 g/mol. The van der Waals surface area contributed by atoms with Crippen LogP contribution in [0.5, 0.6) is 5.75 Å². The van der Waals surface area contributed by atoms with E-state index < -0.39 is 12.0 Å². The molecule has 1 aliphatic carbocycles. The molecule has 3 atom stereocenters. The van der Waals surface area contributed by atoms with Gasteiger partial charge in [-0.25, -0.2) is 0 Å². The highest BCUT2D eigenvalue weighted by Crippen LogP contribution is 2.37. The zero-order valence-corrected chi connectivity index (χ0v) is 19.2. The zero-order valence-electron chi connectivity index (χ0n) is 18.4. The Morgan fingerprint density at radius 3 is 2.73 bits per heavy atom. The van der Waals surface area contributed by atoms with Gasteiger partial charge in [0.15, 0.2) is 5.78 Å². The minimum absolute atomic E-state index is 0.0337. The third kappa shape index (κ3) is 5.31. The number of carbonyl (C=O) groups excluding carboxylic acids is 3. The first-order valence-corrected chi connectivity index (χ1v) is 11.6. The van der Waals surface area contributed by atoms with Crippen molar-refractivity contribution >= 4 is 40.1 Å². The van der Waals surface area contributed by atoms with Gasteiger partial charge in [-0.3, -0.25) is 14.4 Å². The Labute approximate surface area is 197 Å². The molecule has 1 saturated heterocycles. The number of benzene rings is 1. The van der Waals surface area contributed by atoms with Crippen LogP contribution in [0.2, 0.25) is 5.02 Å². The molecule has 2 aromatic rings. The van der Waals surface area contributed by atoms with Crippen molar-refractivity contribution in [1.29, 1.82) is 5.26 Å². The second-order valence-electron chi connectivity index (χ2n) is 8.93. The molecule has 2 heterocycles. The molecule has 0 bridgehead atoms. The van der Waals surface area contributed by atoms with E-state index in [0.717, 1.165) is 12.8 Å². The first kappa shape index (κ1) is 23.1. The lowest BCUT2D eigenvalue weighted by Gasteiger charge is -2.19. The number of amides is 2. The predicted molar refractivity (Wildman–Crippen MR) is 123 cm³/mol. The second-order valence-corrected chi connectivity index (χ2v) is 9.31. The summed E-state index contributed by atoms with van der Waals surface area (Å²) in [7, 11) is 1.53. The number of nitriles is 1. The van der Waals surface area contributed by atoms with Crippen molar-refractivity contribution < 1.29 is 19.1 Å². The molecule has 3 unspecified atom stereocenters. The highest BCUT2D eigenvalue weighted by Gasteiger charge is 2.34. The molecule has 2 fully saturated rings. The summed E-state index contributed by atoms with van der Waals surface area (Å²) in [5.74, 6) is -0.436. The van der Waals surface area contributed by atoms with Crippen LogP contribution in [0.15, 0.2) is 18.2 Å². The fraction of sp³-hybridized carbons (Fsp3) is 0.500. The van der Waals surface area contributed by atoms with Gasteiger partial charge >= 0.3 is 0 Å². The minimum atomic E-state index is -0.762. The van der Waals surface area contributed by atoms with E-state index in [0.29, 0.717) is 52.7 Å². The number of aromatic amines is 1. The smallest absolute Gasteiger partial charge is 0.224 e. The maximum atomic E-state index is 13.1. The summed E-state index contributed by atoms with van der Waals surface area (Å²) in [5, 5.41) is 16.1. The van der Waals surface area contributed by atoms with Gasteiger partial charge in [-0.15, -0.1) is 0 Å². The van der Waals surface area contributed by atoms with Gasteiger partial charge in [0.2, 0.25) is 11.8 Å². The summed E-state index contributed by atoms with van der Waals surface area (Å²) >= 11 is 6.37. The lowest BCUT2D eigenvalue weighted by molar-refractivity contribution is -0.127. The van der Waals surface area contributed by atoms with E-state index in [2.05, 4.69) is 21.7 Å². The minimum Gasteiger partial charge on any atom is -0.495 e. The number of ketones is 1. The van der Waals surface area contributed by atoms with Gasteiger partial charge in [-0.2, -0.15) is 5.26 Å². The third-order valence-electron chi connectivity index (χ3n) is 6.50. The van der Waals surface area contributed by atoms with Crippen LogP contribution >= 0.6 is 11.6 Å². The summed E-state index contributed by atoms with van der Waals surface area (Å²) in [6.45, 7) is 0.592. The Kier molecular flexibility index (Phi) is 6.89. The van der Waals surface area contributed by atoms with Crippen molar-refractivity contribution in [2.45, 2.75) is 44.6 Å². The largest absolute Gasteiger partial charge is 0.495 e. The molecule has 1 aromatic heterocycles. The Morgan fingerprint density at radius 1 is 1.30 bits per heavy atom. The first-order chi connectivity index (χ1) is 15.9. The topological polar surface area (TPSA) is 124 Å². The second kappa shape index (κ2) is 9.84. The summed E-state index contributed by atoms with van der Waals surface area (Å²) in [6.07, 6.45) is 3.67. The van der Waals surface area contributed by atoms with Crippen molar-refractivity contribution in [2.24, 2.45) is 17.8 Å². The van der Waals surface area contributed by atoms with E-state index >= 15 is 0 Å². The fourth-order valence-corrected chi connectivity index (χ4v) is 4.71. The van der Waals surface area contributed by atoms with Gasteiger partial charge in [-0.1, -0.05) is 24.4 Å². The Hall–Kier alpha value is -3.05. The van der Waals surface area contributed by atoms with Crippen molar-refractivity contribution in [3.05, 3.63) is 28.9 Å². The average Bonchev–Trinajstić information content (AvgIpc) is 3.36. The quantitative estimate of drug-likeness (QED) is 0.459. The lowest BCUT2D eigenvalue weighted by Crippen LogP contribution is -2.40. The van der Waals surface area contributed by atoms with Gasteiger partial charge in [0.1, 0.15) is 11.8 Å². The van der Waals surface area contributed by atoms with E-state index in [1.165, 1.54) is 7.11 Å². The molecule has 1 aromatic carbocycles. The predicted octanol–water partition coefficient (Wildman–Crippen LogP) is 3.35. The van der Waals surface area contributed by atoms with Crippen LogP contribution in [0.25, 0.3) is 10.9 Å². The van der Waals surface area contributed by atoms with Crippen molar-refractivity contribution in [1.82, 2.24) is 15.6 Å². The standard InChI is InChI=1S/C24H27ClN4O4/c1-33-21-5-4-18-17(22(21)25)11-19(29-18)20(30)10-15(8-13-2-3-13)24(32)28-16(12-26)9-14-6-7-27-23(14)31/h4-5,11,13-16,29H,2-3,6-10H2,1H3,(H,27,31)(H,28,32). The number of fused-ring (bicyclic) bond motifs is 1. The zero-order chi connectivity index (χ0) is 23.5. The molecule has 4 rings (SSSR count). The molecule has 2 aliphatic rings. The monoisotopic (exact) mass is 470 g/mol. The fourth-order valence-electron chi connectivity index (χ4n) is 4.42. The number of nitrogens with one attached hydrogen (secondary N) is 3. The summed E-state index contributed by atoms with van der Waals surface area (Å²) in [5.41, 5.74) is 1.10. The normalized spacial score (nSPS) is 19.5. The highest BCUT2D eigenvalue weighted by molar-refractivity contribution is 6.37. The van der Waals surface area contributed by atoms with Gasteiger partial charge < -0.3 is 20.4 Å². The lowest BCUT2D eigenvalue weighted by atomic mass is 9.93. The van der Waals surface area contributed by atoms with E-state index in [9.17, 15) is 19.6 Å². The van der Waals surface area contributed by atoms with Gasteiger partial charge in [0, 0.05) is 35.7 Å². The van der Waals surface area contributed by atoms with Crippen LogP contribution in [0.3, 0.4) is 0 Å². The van der Waals surface area contributed by atoms with Crippen LogP contribution < -0.4 is 15.4 Å². The van der Waals surface area contributed by atoms with E-state index in [1.54, 1.807) is 18.2 Å². The molecule has 1 aliphatic heterocycles. The number of carbonyl (C=O) groups is 3. The molecule has 174 valence electrons. The van der Waals surface area contributed by atoms with Crippen LogP contribution in [0.4, 0.5) is 0 Å². The van der Waals surface area contributed by atoms with Crippen LogP contribution in [-0.2, 0) is 9.59 Å². The maximum Gasteiger partial charge on any atom is 0.224 e. The Balaban J connectivity index is 1.45. The number of aromatic nitrogens is 1. The maximum absolute atomic E-state index is 13.1.